The van der Waals surface area contributed by atoms with Gasteiger partial charge in [0, 0.05) is 19.2 Å². The number of hydrogen-bond donors (Lipinski definition) is 0. The number of hydrogen-bond acceptors (Lipinski definition) is 6. The first kappa shape index (κ1) is 18.7. The van der Waals surface area contributed by atoms with E-state index < -0.39 is 18.1 Å². The molecule has 0 N–H and O–H groups in total. The third-order valence-corrected chi connectivity index (χ3v) is 4.87. The number of rotatable bonds is 4. The number of likely N-dealkylation sites (N-methyl/N-ethyl adjacent to an activating group) is 1. The van der Waals surface area contributed by atoms with Gasteiger partial charge in [-0.1, -0.05) is 5.57 Å². The van der Waals surface area contributed by atoms with Crippen LogP contribution >= 0.6 is 0 Å². The van der Waals surface area contributed by atoms with Crippen LogP contribution in [0.15, 0.2) is 29.8 Å². The first-order valence-electron chi connectivity index (χ1n) is 8.71. The highest BCUT2D eigenvalue weighted by Crippen LogP contribution is 2.30. The minimum atomic E-state index is -0.554. The Hall–Kier alpha value is -3.10. The molecule has 0 aromatic heterocycles. The fraction of sp³-hybridized carbons (Fsp3) is 0.421. The fourth-order valence-corrected chi connectivity index (χ4v) is 3.29. The summed E-state index contributed by atoms with van der Waals surface area (Å²) in [5.74, 6) is -0.401. The summed E-state index contributed by atoms with van der Waals surface area (Å²) in [7, 11) is 1.69. The number of anilines is 2. The van der Waals surface area contributed by atoms with Crippen LogP contribution in [0.4, 0.5) is 20.6 Å². The van der Waals surface area contributed by atoms with Crippen molar-refractivity contribution in [2.24, 2.45) is 0 Å². The van der Waals surface area contributed by atoms with Gasteiger partial charge in [0.25, 0.3) is 0 Å². The molecule has 7 nitrogen and oxygen atoms in total. The lowest BCUT2D eigenvalue weighted by molar-refractivity contribution is 0.0473. The zero-order chi connectivity index (χ0) is 19.4. The largest absolute Gasteiger partial charge is 0.428 e. The average Bonchev–Trinajstić information content (AvgIpc) is 3.05. The van der Waals surface area contributed by atoms with Gasteiger partial charge in [-0.05, 0) is 38.1 Å². The van der Waals surface area contributed by atoms with Crippen molar-refractivity contribution in [3.8, 4) is 12.1 Å². The van der Waals surface area contributed by atoms with Gasteiger partial charge in [-0.2, -0.15) is 10.5 Å². The van der Waals surface area contributed by atoms with Crippen molar-refractivity contribution >= 4 is 17.5 Å². The maximum atomic E-state index is 14.7. The molecule has 0 radical (unpaired) electrons. The van der Waals surface area contributed by atoms with Gasteiger partial charge >= 0.3 is 6.09 Å². The third-order valence-electron chi connectivity index (χ3n) is 4.87. The monoisotopic (exact) mass is 369 g/mol. The lowest BCUT2D eigenvalue weighted by Crippen LogP contribution is -2.35. The van der Waals surface area contributed by atoms with Gasteiger partial charge in [0.05, 0.1) is 36.6 Å². The van der Waals surface area contributed by atoms with Crippen molar-refractivity contribution in [1.82, 2.24) is 4.90 Å². The van der Waals surface area contributed by atoms with Crippen molar-refractivity contribution < 1.29 is 13.9 Å². The van der Waals surface area contributed by atoms with Gasteiger partial charge < -0.3 is 9.64 Å². The van der Waals surface area contributed by atoms with Crippen LogP contribution in [0.2, 0.25) is 0 Å². The number of carbonyl (C=O) groups excluding carboxylic acids is 1. The summed E-state index contributed by atoms with van der Waals surface area (Å²) in [6, 6.07) is 8.76. The molecular weight excluding hydrogens is 349 g/mol. The van der Waals surface area contributed by atoms with Crippen LogP contribution in [0, 0.1) is 28.5 Å². The van der Waals surface area contributed by atoms with E-state index in [-0.39, 0.29) is 13.1 Å². The molecule has 2 aliphatic rings. The smallest absolute Gasteiger partial charge is 0.416 e. The SMILES string of the molecule is CN(CC#N)[C@@H]1CN(c2ccc(N3CCC(=CC#N)CC3)c(F)c2)C(=O)O1. The number of cyclic esters (lactones) is 1. The van der Waals surface area contributed by atoms with Gasteiger partial charge in [0.1, 0.15) is 5.82 Å². The first-order valence-corrected chi connectivity index (χ1v) is 8.71. The molecule has 0 bridgehead atoms. The van der Waals surface area contributed by atoms with Crippen LogP contribution in [0.1, 0.15) is 12.8 Å². The predicted octanol–water partition coefficient (Wildman–Crippen LogP) is 2.61. The second kappa shape index (κ2) is 8.07. The maximum Gasteiger partial charge on any atom is 0.416 e. The van der Waals surface area contributed by atoms with Gasteiger partial charge in [0.15, 0.2) is 6.23 Å². The number of halogens is 1. The number of nitriles is 2. The molecular formula is C19H20FN5O2. The standard InChI is InChI=1S/C19H20FN5O2/c1-23(11-8-22)18-13-25(19(26)27-18)15-2-3-17(16(20)12-15)24-9-5-14(4-7-21)6-10-24/h2-4,12,18H,5-6,9-11,13H2,1H3/t18-/m0/s1. The summed E-state index contributed by atoms with van der Waals surface area (Å²) in [5, 5.41) is 17.5. The average molecular weight is 369 g/mol. The number of amides is 1. The van der Waals surface area contributed by atoms with Crippen molar-refractivity contribution in [3.63, 3.8) is 0 Å². The maximum absolute atomic E-state index is 14.7. The Kier molecular flexibility index (Phi) is 5.58. The molecule has 2 heterocycles. The van der Waals surface area contributed by atoms with E-state index in [0.717, 1.165) is 18.4 Å². The van der Waals surface area contributed by atoms with E-state index >= 15 is 0 Å². The Labute approximate surface area is 157 Å². The van der Waals surface area contributed by atoms with Gasteiger partial charge in [-0.3, -0.25) is 9.80 Å². The van der Waals surface area contributed by atoms with Crippen molar-refractivity contribution in [2.45, 2.75) is 19.1 Å². The van der Waals surface area contributed by atoms with E-state index in [1.165, 1.54) is 11.0 Å². The minimum Gasteiger partial charge on any atom is -0.428 e. The van der Waals surface area contributed by atoms with E-state index in [1.54, 1.807) is 30.2 Å². The van der Waals surface area contributed by atoms with Crippen LogP contribution in [0.25, 0.3) is 0 Å². The minimum absolute atomic E-state index is 0.135. The highest BCUT2D eigenvalue weighted by molar-refractivity contribution is 5.90. The molecule has 27 heavy (non-hydrogen) atoms. The van der Waals surface area contributed by atoms with Crippen LogP contribution in [-0.2, 0) is 4.74 Å². The van der Waals surface area contributed by atoms with Crippen LogP contribution in [-0.4, -0.2) is 50.4 Å². The zero-order valence-corrected chi connectivity index (χ0v) is 15.1. The number of benzene rings is 1. The summed E-state index contributed by atoms with van der Waals surface area (Å²) in [5.41, 5.74) is 2.00. The molecule has 8 heteroatoms. The summed E-state index contributed by atoms with van der Waals surface area (Å²) < 4.78 is 20.0. The van der Waals surface area contributed by atoms with E-state index in [9.17, 15) is 9.18 Å². The molecule has 0 saturated carbocycles. The molecule has 2 fully saturated rings. The van der Waals surface area contributed by atoms with Crippen LogP contribution < -0.4 is 9.80 Å². The lowest BCUT2D eigenvalue weighted by atomic mass is 10.0. The molecule has 2 aliphatic heterocycles. The summed E-state index contributed by atoms with van der Waals surface area (Å²) in [4.78, 5) is 17.1. The molecule has 1 amide bonds. The second-order valence-electron chi connectivity index (χ2n) is 6.58. The Morgan fingerprint density at radius 3 is 2.74 bits per heavy atom. The lowest BCUT2D eigenvalue weighted by Gasteiger charge is -2.30. The van der Waals surface area contributed by atoms with Crippen LogP contribution in [0.5, 0.6) is 0 Å². The Bertz CT molecular complexity index is 831. The Morgan fingerprint density at radius 2 is 2.11 bits per heavy atom. The summed E-state index contributed by atoms with van der Waals surface area (Å²) in [6.07, 6.45) is 1.95. The van der Waals surface area contributed by atoms with E-state index in [4.69, 9.17) is 15.3 Å². The number of carbonyl (C=O) groups is 1. The summed E-state index contributed by atoms with van der Waals surface area (Å²) >= 11 is 0. The molecule has 0 spiro atoms. The molecule has 1 aromatic carbocycles. The quantitative estimate of drug-likeness (QED) is 0.599. The van der Waals surface area contributed by atoms with E-state index in [0.29, 0.717) is 24.5 Å². The topological polar surface area (TPSA) is 83.6 Å². The van der Waals surface area contributed by atoms with Crippen molar-refractivity contribution in [2.75, 3.05) is 43.0 Å². The molecule has 0 unspecified atom stereocenters. The van der Waals surface area contributed by atoms with Gasteiger partial charge in [-0.15, -0.1) is 0 Å². The second-order valence-corrected chi connectivity index (χ2v) is 6.58. The molecule has 1 aromatic rings. The van der Waals surface area contributed by atoms with E-state index in [1.807, 2.05) is 17.0 Å². The third kappa shape index (κ3) is 4.02. The normalized spacial score (nSPS) is 19.7. The Morgan fingerprint density at radius 1 is 1.37 bits per heavy atom. The number of ether oxygens (including phenoxy) is 1. The molecule has 2 saturated heterocycles. The van der Waals surface area contributed by atoms with Gasteiger partial charge in [0.2, 0.25) is 0 Å². The van der Waals surface area contributed by atoms with Gasteiger partial charge in [-0.25, -0.2) is 9.18 Å². The number of allylic oxidation sites excluding steroid dienone is 1. The fourth-order valence-electron chi connectivity index (χ4n) is 3.29. The number of piperidine rings is 1. The van der Waals surface area contributed by atoms with Crippen molar-refractivity contribution in [3.05, 3.63) is 35.7 Å². The highest BCUT2D eigenvalue weighted by atomic mass is 19.1. The first-order chi connectivity index (χ1) is 13.0. The predicted molar refractivity (Wildman–Crippen MR) is 97.4 cm³/mol. The molecule has 1 atom stereocenters. The molecule has 140 valence electrons. The van der Waals surface area contributed by atoms with E-state index in [2.05, 4.69) is 0 Å². The zero-order valence-electron chi connectivity index (χ0n) is 15.1. The number of nitrogens with zero attached hydrogens (tertiary/aromatic N) is 5. The van der Waals surface area contributed by atoms with Crippen molar-refractivity contribution in [1.29, 1.82) is 10.5 Å². The summed E-state index contributed by atoms with van der Waals surface area (Å²) in [6.45, 7) is 1.67. The molecule has 0 aliphatic carbocycles. The Balaban J connectivity index is 1.70. The molecule has 3 rings (SSSR count). The highest BCUT2D eigenvalue weighted by Gasteiger charge is 2.35. The van der Waals surface area contributed by atoms with Crippen LogP contribution in [0.3, 0.4) is 0 Å².